The topological polar surface area (TPSA) is 90.9 Å². The molecule has 0 unspecified atom stereocenters. The minimum Gasteiger partial charge on any atom is -0.462 e. The maximum atomic E-state index is 11.9. The number of benzene rings is 1. The van der Waals surface area contributed by atoms with Gasteiger partial charge in [-0.3, -0.25) is 0 Å². The summed E-state index contributed by atoms with van der Waals surface area (Å²) in [5.41, 5.74) is 1.48. The van der Waals surface area contributed by atoms with Crippen molar-refractivity contribution in [1.82, 2.24) is 0 Å². The molecular formula is C17H19NO6. The Balaban J connectivity index is 2.22. The first-order valence-electron chi connectivity index (χ1n) is 7.44. The molecule has 1 saturated heterocycles. The Morgan fingerprint density at radius 3 is 2.46 bits per heavy atom. The zero-order chi connectivity index (χ0) is 17.9. The van der Waals surface area contributed by atoms with E-state index in [1.54, 1.807) is 25.1 Å². The minimum atomic E-state index is -1.29. The molecule has 0 aliphatic carbocycles. The second kappa shape index (κ2) is 6.74. The van der Waals surface area contributed by atoms with Gasteiger partial charge in [0.05, 0.1) is 12.2 Å². The fourth-order valence-electron chi connectivity index (χ4n) is 2.05. The maximum Gasteiger partial charge on any atom is 0.350 e. The molecule has 1 aromatic carbocycles. The monoisotopic (exact) mass is 333 g/mol. The van der Waals surface area contributed by atoms with Crippen LogP contribution in [0.2, 0.25) is 0 Å². The number of nitrogens with one attached hydrogen (secondary N) is 1. The van der Waals surface area contributed by atoms with Crippen molar-refractivity contribution in [3.63, 3.8) is 0 Å². The van der Waals surface area contributed by atoms with Crippen LogP contribution in [0.25, 0.3) is 0 Å². The molecule has 1 fully saturated rings. The fourth-order valence-corrected chi connectivity index (χ4v) is 2.05. The van der Waals surface area contributed by atoms with Crippen LogP contribution in [0.5, 0.6) is 0 Å². The van der Waals surface area contributed by atoms with Gasteiger partial charge in [0.1, 0.15) is 0 Å². The first-order valence-corrected chi connectivity index (χ1v) is 7.44. The maximum absolute atomic E-state index is 11.9. The summed E-state index contributed by atoms with van der Waals surface area (Å²) < 4.78 is 15.0. The van der Waals surface area contributed by atoms with E-state index in [2.05, 4.69) is 5.32 Å². The van der Waals surface area contributed by atoms with Crippen molar-refractivity contribution in [2.45, 2.75) is 33.5 Å². The Labute approximate surface area is 139 Å². The van der Waals surface area contributed by atoms with Crippen LogP contribution < -0.4 is 5.32 Å². The van der Waals surface area contributed by atoms with Gasteiger partial charge < -0.3 is 19.5 Å². The summed E-state index contributed by atoms with van der Waals surface area (Å²) in [5, 5.41) is 2.84. The van der Waals surface area contributed by atoms with Crippen LogP contribution in [0.15, 0.2) is 30.0 Å². The van der Waals surface area contributed by atoms with Crippen molar-refractivity contribution in [3.05, 3.63) is 41.1 Å². The lowest BCUT2D eigenvalue weighted by Crippen LogP contribution is -2.42. The van der Waals surface area contributed by atoms with Crippen molar-refractivity contribution in [1.29, 1.82) is 0 Å². The third-order valence-corrected chi connectivity index (χ3v) is 3.24. The molecule has 0 radical (unpaired) electrons. The molecule has 7 nitrogen and oxygen atoms in total. The Hall–Kier alpha value is -2.83. The van der Waals surface area contributed by atoms with E-state index in [4.69, 9.17) is 14.2 Å². The van der Waals surface area contributed by atoms with E-state index in [-0.39, 0.29) is 12.2 Å². The van der Waals surface area contributed by atoms with Crippen LogP contribution in [0.1, 0.15) is 36.7 Å². The lowest BCUT2D eigenvalue weighted by molar-refractivity contribution is -0.222. The molecule has 1 aliphatic rings. The minimum absolute atomic E-state index is 0.254. The van der Waals surface area contributed by atoms with Gasteiger partial charge >= 0.3 is 17.9 Å². The normalized spacial score (nSPS) is 16.1. The zero-order valence-corrected chi connectivity index (χ0v) is 14.0. The standard InChI is InChI=1S/C17H19NO6/c1-5-22-14(19)11-7-6-10(2)13(8-11)18-9-12-15(20)23-17(3,4)24-16(12)21/h6-9,18H,5H2,1-4H3. The average Bonchev–Trinajstić information content (AvgIpc) is 2.47. The molecule has 2 rings (SSSR count). The van der Waals surface area contributed by atoms with Crippen LogP contribution in [0, 0.1) is 6.92 Å². The molecule has 1 aliphatic heterocycles. The summed E-state index contributed by atoms with van der Waals surface area (Å²) in [5.74, 6) is -3.29. The van der Waals surface area contributed by atoms with Crippen LogP contribution in [0.3, 0.4) is 0 Å². The summed E-state index contributed by atoms with van der Waals surface area (Å²) in [6.07, 6.45) is 1.21. The van der Waals surface area contributed by atoms with Gasteiger partial charge in [0, 0.05) is 25.7 Å². The number of rotatable bonds is 4. The van der Waals surface area contributed by atoms with Gasteiger partial charge in [0.25, 0.3) is 5.79 Å². The number of esters is 3. The van der Waals surface area contributed by atoms with Crippen molar-refractivity contribution < 1.29 is 28.6 Å². The van der Waals surface area contributed by atoms with E-state index < -0.39 is 23.7 Å². The summed E-state index contributed by atoms with van der Waals surface area (Å²) in [6, 6.07) is 4.94. The molecule has 0 bridgehead atoms. The predicted molar refractivity (Wildman–Crippen MR) is 85.1 cm³/mol. The van der Waals surface area contributed by atoms with Crippen molar-refractivity contribution in [2.24, 2.45) is 0 Å². The smallest absolute Gasteiger partial charge is 0.350 e. The number of ether oxygens (including phenoxy) is 3. The second-order valence-electron chi connectivity index (χ2n) is 5.63. The van der Waals surface area contributed by atoms with Crippen LogP contribution in [-0.2, 0) is 23.8 Å². The number of anilines is 1. The summed E-state index contributed by atoms with van der Waals surface area (Å²) >= 11 is 0. The molecule has 0 amide bonds. The summed E-state index contributed by atoms with van der Waals surface area (Å²) in [4.78, 5) is 35.5. The summed E-state index contributed by atoms with van der Waals surface area (Å²) in [6.45, 7) is 6.75. The van der Waals surface area contributed by atoms with Gasteiger partial charge in [-0.05, 0) is 31.5 Å². The highest BCUT2D eigenvalue weighted by Crippen LogP contribution is 2.23. The van der Waals surface area contributed by atoms with Crippen LogP contribution in [-0.4, -0.2) is 30.3 Å². The lowest BCUT2D eigenvalue weighted by atomic mass is 10.1. The number of hydrogen-bond acceptors (Lipinski definition) is 7. The molecule has 128 valence electrons. The summed E-state index contributed by atoms with van der Waals surface area (Å²) in [7, 11) is 0. The molecule has 24 heavy (non-hydrogen) atoms. The highest BCUT2D eigenvalue weighted by molar-refractivity contribution is 6.15. The van der Waals surface area contributed by atoms with E-state index in [0.717, 1.165) is 5.56 Å². The fraction of sp³-hybridized carbons (Fsp3) is 0.353. The third kappa shape index (κ3) is 3.92. The van der Waals surface area contributed by atoms with Crippen molar-refractivity contribution in [3.8, 4) is 0 Å². The lowest BCUT2D eigenvalue weighted by Gasteiger charge is -2.29. The largest absolute Gasteiger partial charge is 0.462 e. The van der Waals surface area contributed by atoms with E-state index in [0.29, 0.717) is 11.3 Å². The van der Waals surface area contributed by atoms with E-state index in [1.165, 1.54) is 20.0 Å². The number of carbonyl (C=O) groups is 3. The molecular weight excluding hydrogens is 314 g/mol. The van der Waals surface area contributed by atoms with Crippen molar-refractivity contribution >= 4 is 23.6 Å². The Kier molecular flexibility index (Phi) is 4.92. The van der Waals surface area contributed by atoms with Crippen LogP contribution in [0.4, 0.5) is 5.69 Å². The molecule has 0 aromatic heterocycles. The molecule has 7 heteroatoms. The average molecular weight is 333 g/mol. The van der Waals surface area contributed by atoms with Gasteiger partial charge in [0.2, 0.25) is 0 Å². The third-order valence-electron chi connectivity index (χ3n) is 3.24. The van der Waals surface area contributed by atoms with Gasteiger partial charge in [-0.2, -0.15) is 0 Å². The van der Waals surface area contributed by atoms with E-state index in [9.17, 15) is 14.4 Å². The number of aryl methyl sites for hydroxylation is 1. The second-order valence-corrected chi connectivity index (χ2v) is 5.63. The highest BCUT2D eigenvalue weighted by atomic mass is 16.7. The Morgan fingerprint density at radius 1 is 1.25 bits per heavy atom. The number of cyclic esters (lactones) is 2. The molecule has 1 N–H and O–H groups in total. The SMILES string of the molecule is CCOC(=O)c1ccc(C)c(NC=C2C(=O)OC(C)(C)OC2=O)c1. The van der Waals surface area contributed by atoms with Crippen LogP contribution >= 0.6 is 0 Å². The first-order chi connectivity index (χ1) is 11.2. The Bertz CT molecular complexity index is 698. The van der Waals surface area contributed by atoms with Gasteiger partial charge in [-0.15, -0.1) is 0 Å². The van der Waals surface area contributed by atoms with Crippen molar-refractivity contribution in [2.75, 3.05) is 11.9 Å². The molecule has 1 aromatic rings. The highest BCUT2D eigenvalue weighted by Gasteiger charge is 2.38. The van der Waals surface area contributed by atoms with E-state index >= 15 is 0 Å². The molecule has 0 atom stereocenters. The quantitative estimate of drug-likeness (QED) is 0.513. The zero-order valence-electron chi connectivity index (χ0n) is 14.0. The molecule has 0 saturated carbocycles. The number of carbonyl (C=O) groups excluding carboxylic acids is 3. The Morgan fingerprint density at radius 2 is 1.88 bits per heavy atom. The van der Waals surface area contributed by atoms with Gasteiger partial charge in [-0.1, -0.05) is 6.07 Å². The first kappa shape index (κ1) is 17.5. The number of hydrogen-bond donors (Lipinski definition) is 1. The van der Waals surface area contributed by atoms with Gasteiger partial charge in [-0.25, -0.2) is 14.4 Å². The van der Waals surface area contributed by atoms with Gasteiger partial charge in [0.15, 0.2) is 5.57 Å². The predicted octanol–water partition coefficient (Wildman–Crippen LogP) is 2.30. The molecule has 1 heterocycles. The molecule has 0 spiro atoms. The van der Waals surface area contributed by atoms with E-state index in [1.807, 2.05) is 6.92 Å².